The van der Waals surface area contributed by atoms with Crippen molar-refractivity contribution in [1.82, 2.24) is 0 Å². The monoisotopic (exact) mass is 1700 g/mol. The van der Waals surface area contributed by atoms with Crippen molar-refractivity contribution in [2.24, 2.45) is 0 Å². The summed E-state index contributed by atoms with van der Waals surface area (Å²) in [4.78, 5) is 108. The van der Waals surface area contributed by atoms with Crippen molar-refractivity contribution in [1.29, 1.82) is 0 Å². The number of hydrogen-bond donors (Lipinski definition) is 15. The van der Waals surface area contributed by atoms with E-state index in [1.165, 1.54) is 0 Å². The summed E-state index contributed by atoms with van der Waals surface area (Å²) >= 11 is -21.4. The molecule has 46 heteroatoms. The topological polar surface area (TPSA) is 675 Å². The SMILES string of the molecule is O=P(O)(O)O.O=P(O)(O)O.O=P(O)(O)O.O=P(O)(O)O.O=P(O)(O)O.[O]=[W](=[O])[O-].[O]=[W](=[O])[O-].[O]=[W](=[O])[O-].[O]=[W](=[O])[O-].[O]=[W](=[O])[O-].[V]. The fourth-order valence-electron chi connectivity index (χ4n) is 0. The van der Waals surface area contributed by atoms with Crippen LogP contribution >= 0.6 is 39.1 Å². The largest absolute Gasteiger partial charge is 0 e. The van der Waals surface area contributed by atoms with Crippen LogP contribution in [0.1, 0.15) is 0 Å². The summed E-state index contributed by atoms with van der Waals surface area (Å²) in [6.07, 6.45) is 0. The van der Waals surface area contributed by atoms with Crippen LogP contribution in [-0.2, 0) is 163 Å². The molecule has 0 unspecified atom stereocenters. The zero-order chi connectivity index (χ0) is 40.4. The standard InChI is InChI=1S/5H3O4P.15O.V.5W/c5*1-5(2,3)4;;;;;;;;;;;;;;;;;;;;;/h5*(H3,1,2,3,4);;;;;;;;;;;;;;;;;;;;;/q;;;;;;;;;;;;;;;5*-1;;;;;;. The van der Waals surface area contributed by atoms with E-state index in [0.29, 0.717) is 0 Å². The zero-order valence-electron chi connectivity index (χ0n) is 19.6. The molecule has 0 aliphatic rings. The molecule has 0 bridgehead atoms. The van der Waals surface area contributed by atoms with Gasteiger partial charge in [0.25, 0.3) is 0 Å². The van der Waals surface area contributed by atoms with Crippen LogP contribution < -0.4 is 18.8 Å². The molecule has 0 aromatic carbocycles. The van der Waals surface area contributed by atoms with Crippen LogP contribution in [0.4, 0.5) is 0 Å². The van der Waals surface area contributed by atoms with Gasteiger partial charge >= 0.3 is 180 Å². The molecule has 0 atom stereocenters. The molecule has 0 aliphatic heterocycles. The third-order valence-electron chi connectivity index (χ3n) is 0. The molecular formula is H15O35P5VW5-5. The van der Waals surface area contributed by atoms with Crippen molar-refractivity contribution < 1.29 is 256 Å². The smallest absolute Gasteiger partial charge is 0 e. The van der Waals surface area contributed by atoms with Crippen molar-refractivity contribution >= 4 is 39.1 Å². The van der Waals surface area contributed by atoms with E-state index >= 15 is 0 Å². The van der Waals surface area contributed by atoms with E-state index in [1.54, 1.807) is 0 Å². The summed E-state index contributed by atoms with van der Waals surface area (Å²) in [5.41, 5.74) is 0. The summed E-state index contributed by atoms with van der Waals surface area (Å²) in [6.45, 7) is 0. The Labute approximate surface area is 292 Å². The molecule has 0 aromatic heterocycles. The second-order valence-corrected chi connectivity index (χ2v) is 16.1. The Morgan fingerprint density at radius 2 is 0.261 bits per heavy atom. The fourth-order valence-corrected chi connectivity index (χ4v) is 0. The van der Waals surface area contributed by atoms with Crippen LogP contribution in [0.5, 0.6) is 0 Å². The van der Waals surface area contributed by atoms with E-state index in [9.17, 15) is 0 Å². The summed E-state index contributed by atoms with van der Waals surface area (Å²) in [7, 11) is -23.2. The second kappa shape index (κ2) is 45.4. The molecular weight excluding hydrogens is 1680 g/mol. The van der Waals surface area contributed by atoms with Crippen molar-refractivity contribution in [3.63, 3.8) is 0 Å². The minimum atomic E-state index is -4.64. The molecule has 0 aliphatic carbocycles. The minimum Gasteiger partial charge on any atom is 0 e. The van der Waals surface area contributed by atoms with Crippen molar-refractivity contribution in [3.05, 3.63) is 0 Å². The van der Waals surface area contributed by atoms with E-state index < -0.39 is 127 Å². The van der Waals surface area contributed by atoms with E-state index in [-0.39, 0.29) is 18.6 Å². The Kier molecular flexibility index (Phi) is 76.7. The molecule has 0 aromatic rings. The molecule has 0 fully saturated rings. The third-order valence-corrected chi connectivity index (χ3v) is 0. The van der Waals surface area contributed by atoms with Crippen molar-refractivity contribution in [3.8, 4) is 0 Å². The third kappa shape index (κ3) is 16900. The molecule has 290 valence electrons. The Hall–Kier alpha value is 2.38. The number of phosphoric acid groups is 5. The molecule has 1 radical (unpaired) electrons. The average Bonchev–Trinajstić information content (AvgIpc) is 2.41. The van der Waals surface area contributed by atoms with Crippen LogP contribution in [-0.4, -0.2) is 73.4 Å². The van der Waals surface area contributed by atoms with Gasteiger partial charge < -0.3 is 73.4 Å². The van der Waals surface area contributed by atoms with Crippen LogP contribution in [0.15, 0.2) is 0 Å². The molecule has 0 heterocycles. The maximum absolute atomic E-state index is 8.88. The maximum Gasteiger partial charge on any atom is 0 e. The van der Waals surface area contributed by atoms with E-state index in [4.69, 9.17) is 149 Å². The molecule has 46 heavy (non-hydrogen) atoms. The van der Waals surface area contributed by atoms with Crippen LogP contribution in [0.3, 0.4) is 0 Å². The van der Waals surface area contributed by atoms with Gasteiger partial charge in [0, 0.05) is 18.6 Å². The minimum absolute atomic E-state index is 0. The summed E-state index contributed by atoms with van der Waals surface area (Å²) in [5.74, 6) is 0. The summed E-state index contributed by atoms with van der Waals surface area (Å²) in [5, 5.41) is 0. The Bertz CT molecular complexity index is 957. The predicted molar refractivity (Wildman–Crippen MR) is 78.2 cm³/mol. The molecule has 35 nitrogen and oxygen atoms in total. The van der Waals surface area contributed by atoms with Gasteiger partial charge in [-0.2, -0.15) is 0 Å². The molecule has 0 saturated heterocycles. The first kappa shape index (κ1) is 77.7. The quantitative estimate of drug-likeness (QED) is 0.100. The first-order valence-electron chi connectivity index (χ1n) is 6.41. The number of rotatable bonds is 0. The number of hydrogen-bond acceptors (Lipinski definition) is 20. The van der Waals surface area contributed by atoms with Gasteiger partial charge in [0.2, 0.25) is 0 Å². The van der Waals surface area contributed by atoms with Gasteiger partial charge in [-0.3, -0.25) is 0 Å². The zero-order valence-corrected chi connectivity index (χ0v) is 40.1. The van der Waals surface area contributed by atoms with Crippen LogP contribution in [0, 0.1) is 0 Å². The van der Waals surface area contributed by atoms with Crippen molar-refractivity contribution in [2.45, 2.75) is 0 Å². The Balaban J connectivity index is -0.0000000329. The molecule has 0 saturated carbocycles. The first-order chi connectivity index (χ1) is 18.7. The van der Waals surface area contributed by atoms with Crippen LogP contribution in [0.2, 0.25) is 0 Å². The van der Waals surface area contributed by atoms with E-state index in [1.807, 2.05) is 0 Å². The van der Waals surface area contributed by atoms with Crippen LogP contribution in [0.25, 0.3) is 0 Å². The Morgan fingerprint density at radius 1 is 0.261 bits per heavy atom. The van der Waals surface area contributed by atoms with E-state index in [0.717, 1.165) is 0 Å². The first-order valence-corrected chi connectivity index (χ1v) is 32.2. The molecule has 0 amide bonds. The maximum atomic E-state index is 8.88. The summed E-state index contributed by atoms with van der Waals surface area (Å²) < 4.78 is 174. The van der Waals surface area contributed by atoms with Gasteiger partial charge in [0.1, 0.15) is 0 Å². The molecule has 15 N–H and O–H groups in total. The van der Waals surface area contributed by atoms with Gasteiger partial charge in [0.15, 0.2) is 0 Å². The molecule has 0 spiro atoms. The average molecular weight is 1700 g/mol. The van der Waals surface area contributed by atoms with Gasteiger partial charge in [-0.15, -0.1) is 0 Å². The van der Waals surface area contributed by atoms with Gasteiger partial charge in [0.05, 0.1) is 0 Å². The predicted octanol–water partition coefficient (Wildman–Crippen LogP) is -11.8. The normalized spacial score (nSPS) is 9.13. The van der Waals surface area contributed by atoms with E-state index in [2.05, 4.69) is 0 Å². The molecule has 0 rings (SSSR count). The van der Waals surface area contributed by atoms with Gasteiger partial charge in [-0.25, -0.2) is 22.8 Å². The second-order valence-electron chi connectivity index (χ2n) is 3.59. The fraction of sp³-hybridized carbons (Fsp3) is 0. The van der Waals surface area contributed by atoms with Crippen molar-refractivity contribution in [2.75, 3.05) is 0 Å². The summed E-state index contributed by atoms with van der Waals surface area (Å²) in [6, 6.07) is 0. The van der Waals surface area contributed by atoms with Gasteiger partial charge in [-0.05, 0) is 0 Å². The Morgan fingerprint density at radius 3 is 0.261 bits per heavy atom. The van der Waals surface area contributed by atoms with Gasteiger partial charge in [-0.1, -0.05) is 0 Å².